The van der Waals surface area contributed by atoms with E-state index in [2.05, 4.69) is 199 Å². The van der Waals surface area contributed by atoms with Crippen LogP contribution in [-0.4, -0.2) is 4.98 Å². The summed E-state index contributed by atoms with van der Waals surface area (Å²) in [6.07, 6.45) is 0. The van der Waals surface area contributed by atoms with Gasteiger partial charge in [-0.05, 0) is 110 Å². The van der Waals surface area contributed by atoms with Crippen LogP contribution in [0.1, 0.15) is 0 Å². The molecular weight excluding hydrogens is 681 g/mol. The van der Waals surface area contributed by atoms with E-state index in [1.165, 1.54) is 49.4 Å². The first-order chi connectivity index (χ1) is 27.7. The first-order valence-electron chi connectivity index (χ1n) is 19.0. The topological polar surface area (TPSA) is 29.3 Å². The average Bonchev–Trinajstić information content (AvgIpc) is 3.64. The second-order valence-electron chi connectivity index (χ2n) is 14.4. The normalized spacial score (nSPS) is 11.6. The quantitative estimate of drug-likeness (QED) is 0.172. The van der Waals surface area contributed by atoms with Crippen LogP contribution >= 0.6 is 0 Å². The van der Waals surface area contributed by atoms with E-state index in [1.54, 1.807) is 0 Å². The molecule has 56 heavy (non-hydrogen) atoms. The van der Waals surface area contributed by atoms with E-state index in [0.29, 0.717) is 5.71 Å². The standard InChI is InChI=1S/C53H34N2O/c1-2-12-35(13-3-1)41-32-39-15-5-8-19-46(39)48(34-41)38-26-30-43(31-27-38)55(42-28-24-37(25-29-42)45-20-10-17-36-14-4-7-18-44(36)45)51-23-11-21-47-49-33-40-16-6-9-22-50(40)54-53(49)56-52(47)51/h1-34H. The molecule has 0 aliphatic heterocycles. The molecule has 11 aromatic rings. The molecule has 3 heteroatoms. The summed E-state index contributed by atoms with van der Waals surface area (Å²) in [6, 6.07) is 73.6. The molecule has 0 bridgehead atoms. The van der Waals surface area contributed by atoms with Crippen molar-refractivity contribution in [3.63, 3.8) is 0 Å². The summed E-state index contributed by atoms with van der Waals surface area (Å²) in [7, 11) is 0. The fourth-order valence-corrected chi connectivity index (χ4v) is 8.32. The van der Waals surface area contributed by atoms with Crippen molar-refractivity contribution < 1.29 is 4.42 Å². The maximum Gasteiger partial charge on any atom is 0.228 e. The molecule has 0 fully saturated rings. The molecule has 0 amide bonds. The minimum absolute atomic E-state index is 0.637. The van der Waals surface area contributed by atoms with Gasteiger partial charge >= 0.3 is 0 Å². The Hall–Kier alpha value is -7.49. The zero-order valence-corrected chi connectivity index (χ0v) is 30.4. The Morgan fingerprint density at radius 3 is 1.71 bits per heavy atom. The third-order valence-electron chi connectivity index (χ3n) is 11.0. The lowest BCUT2D eigenvalue weighted by atomic mass is 9.93. The molecule has 3 nitrogen and oxygen atoms in total. The predicted molar refractivity (Wildman–Crippen MR) is 235 cm³/mol. The van der Waals surface area contributed by atoms with Crippen molar-refractivity contribution in [3.8, 4) is 33.4 Å². The lowest BCUT2D eigenvalue weighted by molar-refractivity contribution is 0.656. The number of benzene rings is 9. The first-order valence-corrected chi connectivity index (χ1v) is 19.0. The van der Waals surface area contributed by atoms with Gasteiger partial charge in [-0.3, -0.25) is 0 Å². The lowest BCUT2D eigenvalue weighted by Gasteiger charge is -2.26. The van der Waals surface area contributed by atoms with Crippen molar-refractivity contribution in [1.82, 2.24) is 4.98 Å². The summed E-state index contributed by atoms with van der Waals surface area (Å²) in [5, 5.41) is 8.06. The van der Waals surface area contributed by atoms with Crippen LogP contribution in [0, 0.1) is 0 Å². The molecule has 0 N–H and O–H groups in total. The molecule has 0 radical (unpaired) electrons. The van der Waals surface area contributed by atoms with E-state index in [9.17, 15) is 0 Å². The summed E-state index contributed by atoms with van der Waals surface area (Å²) in [5.74, 6) is 0. The van der Waals surface area contributed by atoms with Crippen LogP contribution < -0.4 is 4.90 Å². The van der Waals surface area contributed by atoms with Gasteiger partial charge in [0.1, 0.15) is 0 Å². The molecule has 0 aliphatic rings. The zero-order chi connectivity index (χ0) is 37.0. The summed E-state index contributed by atoms with van der Waals surface area (Å²) in [6.45, 7) is 0. The predicted octanol–water partition coefficient (Wildman–Crippen LogP) is 14.9. The molecule has 0 spiro atoms. The van der Waals surface area contributed by atoms with E-state index in [4.69, 9.17) is 9.40 Å². The molecular formula is C53H34N2O. The van der Waals surface area contributed by atoms with Gasteiger partial charge in [0.15, 0.2) is 5.58 Å². The Labute approximate surface area is 324 Å². The Kier molecular flexibility index (Phi) is 7.49. The molecule has 0 atom stereocenters. The van der Waals surface area contributed by atoms with Gasteiger partial charge < -0.3 is 9.32 Å². The number of para-hydroxylation sites is 2. The minimum Gasteiger partial charge on any atom is -0.435 e. The third kappa shape index (κ3) is 5.40. The Morgan fingerprint density at radius 1 is 0.357 bits per heavy atom. The van der Waals surface area contributed by atoms with Gasteiger partial charge in [0.05, 0.1) is 11.2 Å². The molecule has 11 rings (SSSR count). The number of aromatic nitrogens is 1. The van der Waals surface area contributed by atoms with Crippen LogP contribution in [-0.2, 0) is 0 Å². The van der Waals surface area contributed by atoms with E-state index in [0.717, 1.165) is 49.9 Å². The Bertz CT molecular complexity index is 3230. The smallest absolute Gasteiger partial charge is 0.228 e. The maximum atomic E-state index is 6.70. The summed E-state index contributed by atoms with van der Waals surface area (Å²) in [5.41, 5.74) is 12.5. The van der Waals surface area contributed by atoms with E-state index in [-0.39, 0.29) is 0 Å². The van der Waals surface area contributed by atoms with Gasteiger partial charge in [-0.15, -0.1) is 0 Å². The van der Waals surface area contributed by atoms with Gasteiger partial charge in [0, 0.05) is 27.5 Å². The second-order valence-corrected chi connectivity index (χ2v) is 14.4. The molecule has 262 valence electrons. The number of nitrogens with zero attached hydrogens (tertiary/aromatic N) is 2. The Balaban J connectivity index is 1.08. The highest BCUT2D eigenvalue weighted by atomic mass is 16.3. The summed E-state index contributed by atoms with van der Waals surface area (Å²) >= 11 is 0. The van der Waals surface area contributed by atoms with E-state index in [1.807, 2.05) is 12.1 Å². The van der Waals surface area contributed by atoms with Crippen molar-refractivity contribution in [2.24, 2.45) is 0 Å². The van der Waals surface area contributed by atoms with Gasteiger partial charge in [0.25, 0.3) is 0 Å². The molecule has 0 saturated heterocycles. The van der Waals surface area contributed by atoms with Crippen LogP contribution in [0.25, 0.3) is 87.9 Å². The largest absolute Gasteiger partial charge is 0.435 e. The lowest BCUT2D eigenvalue weighted by Crippen LogP contribution is -2.10. The van der Waals surface area contributed by atoms with Gasteiger partial charge in [0.2, 0.25) is 5.71 Å². The molecule has 2 aromatic heterocycles. The molecule has 2 heterocycles. The minimum atomic E-state index is 0.637. The van der Waals surface area contributed by atoms with Crippen LogP contribution in [0.4, 0.5) is 17.1 Å². The highest BCUT2D eigenvalue weighted by molar-refractivity contribution is 6.12. The molecule has 9 aromatic carbocycles. The molecule has 0 unspecified atom stereocenters. The second kappa shape index (κ2) is 13.1. The number of fused-ring (bicyclic) bond motifs is 6. The number of anilines is 3. The van der Waals surface area contributed by atoms with Crippen LogP contribution in [0.2, 0.25) is 0 Å². The summed E-state index contributed by atoms with van der Waals surface area (Å²) < 4.78 is 6.70. The monoisotopic (exact) mass is 714 g/mol. The van der Waals surface area contributed by atoms with Crippen LogP contribution in [0.5, 0.6) is 0 Å². The Morgan fingerprint density at radius 2 is 0.946 bits per heavy atom. The first kappa shape index (κ1) is 32.0. The van der Waals surface area contributed by atoms with Gasteiger partial charge in [-0.1, -0.05) is 152 Å². The van der Waals surface area contributed by atoms with Crippen LogP contribution in [0.15, 0.2) is 211 Å². The average molecular weight is 715 g/mol. The van der Waals surface area contributed by atoms with Crippen molar-refractivity contribution >= 4 is 71.6 Å². The van der Waals surface area contributed by atoms with Crippen molar-refractivity contribution in [3.05, 3.63) is 206 Å². The number of rotatable bonds is 6. The number of hydrogen-bond donors (Lipinski definition) is 0. The molecule has 0 saturated carbocycles. The fraction of sp³-hybridized carbons (Fsp3) is 0. The highest BCUT2D eigenvalue weighted by Crippen LogP contribution is 2.44. The van der Waals surface area contributed by atoms with Gasteiger partial charge in [-0.2, -0.15) is 0 Å². The SMILES string of the molecule is c1ccc(-c2cc(-c3ccc(N(c4ccc(-c5cccc6ccccc56)cc4)c4cccc5c4oc4nc6ccccc6cc45)cc3)c3ccccc3c2)cc1. The van der Waals surface area contributed by atoms with Crippen molar-refractivity contribution in [2.75, 3.05) is 4.90 Å². The zero-order valence-electron chi connectivity index (χ0n) is 30.4. The number of hydrogen-bond acceptors (Lipinski definition) is 3. The summed E-state index contributed by atoms with van der Waals surface area (Å²) in [4.78, 5) is 7.25. The third-order valence-corrected chi connectivity index (χ3v) is 11.0. The number of pyridine rings is 1. The number of furan rings is 1. The van der Waals surface area contributed by atoms with Gasteiger partial charge in [-0.25, -0.2) is 4.98 Å². The van der Waals surface area contributed by atoms with Crippen molar-refractivity contribution in [1.29, 1.82) is 0 Å². The fourth-order valence-electron chi connectivity index (χ4n) is 8.32. The van der Waals surface area contributed by atoms with Crippen LogP contribution in [0.3, 0.4) is 0 Å². The van der Waals surface area contributed by atoms with E-state index < -0.39 is 0 Å². The van der Waals surface area contributed by atoms with Crippen molar-refractivity contribution in [2.45, 2.75) is 0 Å². The highest BCUT2D eigenvalue weighted by Gasteiger charge is 2.21. The maximum absolute atomic E-state index is 6.70. The molecule has 0 aliphatic carbocycles. The van der Waals surface area contributed by atoms with E-state index >= 15 is 0 Å².